The summed E-state index contributed by atoms with van der Waals surface area (Å²) in [6, 6.07) is 13.5. The topological polar surface area (TPSA) is 151 Å². The summed E-state index contributed by atoms with van der Waals surface area (Å²) in [6.45, 7) is 0.686. The molecule has 2 aromatic rings. The molecule has 0 saturated heterocycles. The van der Waals surface area contributed by atoms with Crippen LogP contribution in [0.25, 0.3) is 0 Å². The molecular weight excluding hydrogens is 386 g/mol. The number of ether oxygens (including phenoxy) is 2. The van der Waals surface area contributed by atoms with Crippen molar-refractivity contribution in [2.45, 2.75) is 17.5 Å². The molecule has 0 spiro atoms. The van der Waals surface area contributed by atoms with Gasteiger partial charge in [-0.3, -0.25) is 4.79 Å². The molecule has 0 aliphatic heterocycles. The Kier molecular flexibility index (Phi) is 7.64. The molecule has 5 N–H and O–H groups in total. The van der Waals surface area contributed by atoms with E-state index in [1.165, 1.54) is 36.4 Å². The average molecular weight is 407 g/mol. The highest BCUT2D eigenvalue weighted by Gasteiger charge is 2.21. The summed E-state index contributed by atoms with van der Waals surface area (Å²) in [4.78, 5) is 23.9. The number of benzene rings is 2. The Balaban J connectivity index is 1.88. The Morgan fingerprint density at radius 2 is 1.68 bits per heavy atom. The van der Waals surface area contributed by atoms with E-state index < -0.39 is 34.5 Å². The number of carbonyl (C=O) groups excluding carboxylic acids is 2. The number of nitrogens with two attached hydrogens (primary N) is 2. The number of nitrogens with one attached hydrogen (secondary N) is 1. The summed E-state index contributed by atoms with van der Waals surface area (Å²) >= 11 is 0. The van der Waals surface area contributed by atoms with Crippen molar-refractivity contribution in [2.24, 2.45) is 11.5 Å². The van der Waals surface area contributed by atoms with Crippen LogP contribution in [0, 0.1) is 0 Å². The first kappa shape index (κ1) is 21.5. The van der Waals surface area contributed by atoms with Crippen LogP contribution >= 0.6 is 0 Å². The van der Waals surface area contributed by atoms with Crippen LogP contribution in [0.3, 0.4) is 0 Å². The van der Waals surface area contributed by atoms with Crippen LogP contribution in [0.2, 0.25) is 0 Å². The summed E-state index contributed by atoms with van der Waals surface area (Å²) in [5.74, 6) is -1.32. The summed E-state index contributed by atoms with van der Waals surface area (Å²) in [7, 11) is -3.89. The first-order valence-electron chi connectivity index (χ1n) is 8.32. The molecule has 0 aliphatic rings. The van der Waals surface area contributed by atoms with Crippen molar-refractivity contribution in [3.8, 4) is 5.75 Å². The average Bonchev–Trinajstić information content (AvgIpc) is 2.66. The highest BCUT2D eigenvalue weighted by molar-refractivity contribution is 7.89. The highest BCUT2D eigenvalue weighted by atomic mass is 32.2. The van der Waals surface area contributed by atoms with Gasteiger partial charge in [-0.25, -0.2) is 13.2 Å². The van der Waals surface area contributed by atoms with Gasteiger partial charge in [0.2, 0.25) is 10.0 Å². The van der Waals surface area contributed by atoms with E-state index in [-0.39, 0.29) is 10.5 Å². The van der Waals surface area contributed by atoms with Gasteiger partial charge in [0.15, 0.2) is 0 Å². The Morgan fingerprint density at radius 1 is 1.04 bits per heavy atom. The molecule has 9 nitrogen and oxygen atoms in total. The number of rotatable bonds is 9. The highest BCUT2D eigenvalue weighted by Crippen LogP contribution is 2.13. The second kappa shape index (κ2) is 9.95. The molecule has 2 aromatic carbocycles. The fraction of sp³-hybridized carbons (Fsp3) is 0.222. The molecule has 1 atom stereocenters. The van der Waals surface area contributed by atoms with Crippen LogP contribution in [-0.2, 0) is 19.6 Å². The van der Waals surface area contributed by atoms with Gasteiger partial charge in [0.1, 0.15) is 12.4 Å². The standard InChI is InChI=1S/C18H21N3O6S/c19-10-11-26-14-8-6-13(7-9-14)18(23)27-17(22)12-16(20)21-28(24,25)15-4-2-1-3-5-15/h1-9,16,21H,10-12,19-20H2/t16-/m0/s1. The second-order valence-corrected chi connectivity index (χ2v) is 7.38. The first-order chi connectivity index (χ1) is 13.3. The quantitative estimate of drug-likeness (QED) is 0.306. The molecule has 0 heterocycles. The Morgan fingerprint density at radius 3 is 2.29 bits per heavy atom. The third-order valence-corrected chi connectivity index (χ3v) is 4.94. The van der Waals surface area contributed by atoms with Gasteiger partial charge in [-0.05, 0) is 36.4 Å². The van der Waals surface area contributed by atoms with Crippen LogP contribution < -0.4 is 20.9 Å². The van der Waals surface area contributed by atoms with Crippen LogP contribution in [0.15, 0.2) is 59.5 Å². The number of carbonyl (C=O) groups is 2. The maximum Gasteiger partial charge on any atom is 0.345 e. The first-order valence-corrected chi connectivity index (χ1v) is 9.81. The zero-order valence-corrected chi connectivity index (χ0v) is 15.7. The molecule has 2 rings (SSSR count). The summed E-state index contributed by atoms with van der Waals surface area (Å²) in [5.41, 5.74) is 11.1. The molecule has 10 heteroatoms. The van der Waals surface area contributed by atoms with Gasteiger partial charge in [0.25, 0.3) is 0 Å². The molecule has 0 amide bonds. The molecule has 0 aromatic heterocycles. The van der Waals surface area contributed by atoms with Gasteiger partial charge in [0, 0.05) is 6.54 Å². The maximum atomic E-state index is 12.1. The van der Waals surface area contributed by atoms with Gasteiger partial charge in [0.05, 0.1) is 23.0 Å². The zero-order chi connectivity index (χ0) is 20.6. The van der Waals surface area contributed by atoms with Crippen LogP contribution in [-0.4, -0.2) is 39.7 Å². The Hall–Kier alpha value is -2.79. The van der Waals surface area contributed by atoms with Crippen LogP contribution in [0.5, 0.6) is 5.75 Å². The van der Waals surface area contributed by atoms with E-state index in [0.29, 0.717) is 18.9 Å². The minimum absolute atomic E-state index is 0.00633. The second-order valence-electron chi connectivity index (χ2n) is 5.67. The predicted octanol–water partition coefficient (Wildman–Crippen LogP) is 0.361. The lowest BCUT2D eigenvalue weighted by molar-refractivity contribution is -0.138. The van der Waals surface area contributed by atoms with Crippen LogP contribution in [0.1, 0.15) is 16.8 Å². The molecule has 150 valence electrons. The predicted molar refractivity (Wildman–Crippen MR) is 101 cm³/mol. The Bertz CT molecular complexity index is 901. The molecule has 0 aliphatic carbocycles. The lowest BCUT2D eigenvalue weighted by atomic mass is 10.2. The minimum Gasteiger partial charge on any atom is -0.492 e. The van der Waals surface area contributed by atoms with Crippen molar-refractivity contribution in [3.63, 3.8) is 0 Å². The lowest BCUT2D eigenvalue weighted by Crippen LogP contribution is -2.43. The zero-order valence-electron chi connectivity index (χ0n) is 14.9. The van der Waals surface area contributed by atoms with Gasteiger partial charge in [-0.15, -0.1) is 0 Å². The Labute approximate surface area is 162 Å². The fourth-order valence-corrected chi connectivity index (χ4v) is 3.29. The largest absolute Gasteiger partial charge is 0.492 e. The number of esters is 2. The van der Waals surface area contributed by atoms with E-state index in [2.05, 4.69) is 4.72 Å². The van der Waals surface area contributed by atoms with Crippen molar-refractivity contribution >= 4 is 22.0 Å². The molecule has 0 bridgehead atoms. The van der Waals surface area contributed by atoms with E-state index in [4.69, 9.17) is 20.9 Å². The third kappa shape index (κ3) is 6.43. The maximum absolute atomic E-state index is 12.1. The molecular formula is C18H21N3O6S. The van der Waals surface area contributed by atoms with Gasteiger partial charge < -0.3 is 20.9 Å². The third-order valence-electron chi connectivity index (χ3n) is 3.43. The van der Waals surface area contributed by atoms with Crippen molar-refractivity contribution in [2.75, 3.05) is 13.2 Å². The van der Waals surface area contributed by atoms with E-state index in [9.17, 15) is 18.0 Å². The summed E-state index contributed by atoms with van der Waals surface area (Å²) in [5, 5.41) is 0. The minimum atomic E-state index is -3.89. The summed E-state index contributed by atoms with van der Waals surface area (Å²) in [6.07, 6.45) is -1.77. The molecule has 28 heavy (non-hydrogen) atoms. The molecule has 0 fully saturated rings. The van der Waals surface area contributed by atoms with E-state index in [1.54, 1.807) is 18.2 Å². The smallest absolute Gasteiger partial charge is 0.345 e. The van der Waals surface area contributed by atoms with Gasteiger partial charge in [-0.1, -0.05) is 18.2 Å². The summed E-state index contributed by atoms with van der Waals surface area (Å²) < 4.78 is 36.4. The van der Waals surface area contributed by atoms with E-state index >= 15 is 0 Å². The van der Waals surface area contributed by atoms with Crippen molar-refractivity contribution in [1.82, 2.24) is 4.72 Å². The number of sulfonamides is 1. The number of hydrogen-bond acceptors (Lipinski definition) is 8. The van der Waals surface area contributed by atoms with Gasteiger partial charge in [-0.2, -0.15) is 4.72 Å². The van der Waals surface area contributed by atoms with E-state index in [0.717, 1.165) is 0 Å². The normalized spacial score (nSPS) is 12.2. The molecule has 0 saturated carbocycles. The monoisotopic (exact) mass is 407 g/mol. The number of hydrogen-bond donors (Lipinski definition) is 3. The molecule has 0 unspecified atom stereocenters. The lowest BCUT2D eigenvalue weighted by Gasteiger charge is -2.13. The van der Waals surface area contributed by atoms with E-state index in [1.807, 2.05) is 0 Å². The van der Waals surface area contributed by atoms with Crippen LogP contribution in [0.4, 0.5) is 0 Å². The molecule has 0 radical (unpaired) electrons. The van der Waals surface area contributed by atoms with Crippen molar-refractivity contribution in [3.05, 3.63) is 60.2 Å². The fourth-order valence-electron chi connectivity index (χ4n) is 2.16. The van der Waals surface area contributed by atoms with Gasteiger partial charge >= 0.3 is 11.9 Å². The van der Waals surface area contributed by atoms with Crippen molar-refractivity contribution in [1.29, 1.82) is 0 Å². The SMILES string of the molecule is NCCOc1ccc(C(=O)OC(=O)C[C@@H](N)NS(=O)(=O)c2ccccc2)cc1. The van der Waals surface area contributed by atoms with Crippen molar-refractivity contribution < 1.29 is 27.5 Å².